The van der Waals surface area contributed by atoms with Crippen molar-refractivity contribution in [2.45, 2.75) is 56.3 Å². The number of ether oxygens (including phenoxy) is 2. The highest BCUT2D eigenvalue weighted by Crippen LogP contribution is 2.43. The van der Waals surface area contributed by atoms with Crippen LogP contribution in [0.25, 0.3) is 0 Å². The molecule has 1 aromatic heterocycles. The molecule has 1 spiro atoms. The Balaban J connectivity index is 1.15. The summed E-state index contributed by atoms with van der Waals surface area (Å²) in [6, 6.07) is 6.36. The minimum absolute atomic E-state index is 0.0795. The number of hydrogen-bond donors (Lipinski definition) is 2. The Morgan fingerprint density at radius 3 is 2.54 bits per heavy atom. The van der Waals surface area contributed by atoms with Gasteiger partial charge in [-0.05, 0) is 66.4 Å². The summed E-state index contributed by atoms with van der Waals surface area (Å²) in [4.78, 5) is 54.8. The molecule has 2 amide bonds. The van der Waals surface area contributed by atoms with Crippen LogP contribution in [0.4, 0.5) is 0 Å². The second-order valence-electron chi connectivity index (χ2n) is 10.8. The molecule has 210 valence electrons. The number of hydrogen-bond acceptors (Lipinski definition) is 7. The van der Waals surface area contributed by atoms with Gasteiger partial charge in [-0.15, -0.1) is 0 Å². The van der Waals surface area contributed by atoms with Crippen molar-refractivity contribution in [3.8, 4) is 5.75 Å². The minimum atomic E-state index is -1.26. The number of likely N-dealkylation sites (tertiary alicyclic amines) is 2. The summed E-state index contributed by atoms with van der Waals surface area (Å²) >= 11 is 3.14. The molecule has 3 saturated heterocycles. The van der Waals surface area contributed by atoms with Crippen molar-refractivity contribution in [1.29, 1.82) is 0 Å². The Bertz CT molecular complexity index is 1350. The van der Waals surface area contributed by atoms with Crippen molar-refractivity contribution < 1.29 is 24.2 Å². The number of halogens is 1. The number of carbonyl (C=O) groups is 2. The third-order valence-corrected chi connectivity index (χ3v) is 8.63. The quantitative estimate of drug-likeness (QED) is 0.512. The van der Waals surface area contributed by atoms with Crippen molar-refractivity contribution in [2.24, 2.45) is 0 Å². The average molecular weight is 605 g/mol. The van der Waals surface area contributed by atoms with Gasteiger partial charge in [0, 0.05) is 44.2 Å². The molecule has 4 heterocycles. The van der Waals surface area contributed by atoms with Gasteiger partial charge in [-0.2, -0.15) is 0 Å². The topological polar surface area (TPSA) is 134 Å². The number of aromatic amines is 1. The fraction of sp³-hybridized carbons (Fsp3) is 0.556. The number of H-pyrrole nitrogens is 1. The smallest absolute Gasteiger partial charge is 0.328 e. The average Bonchev–Trinajstić information content (AvgIpc) is 3.31. The maximum atomic E-state index is 13.1. The van der Waals surface area contributed by atoms with Crippen LogP contribution in [0, 0.1) is 0 Å². The number of nitrogens with zero attached hydrogens (tertiary/aromatic N) is 3. The lowest BCUT2D eigenvalue weighted by molar-refractivity contribution is -0.195. The van der Waals surface area contributed by atoms with Gasteiger partial charge in [0.2, 0.25) is 5.91 Å². The number of piperidine rings is 1. The Kier molecular flexibility index (Phi) is 7.71. The first-order chi connectivity index (χ1) is 18.6. The fourth-order valence-electron chi connectivity index (χ4n) is 5.86. The van der Waals surface area contributed by atoms with E-state index in [0.29, 0.717) is 63.2 Å². The molecule has 11 nitrogen and oxygen atoms in total. The van der Waals surface area contributed by atoms with Crippen molar-refractivity contribution >= 4 is 27.7 Å². The number of benzene rings is 1. The molecular formula is C27H33BrN4O7. The van der Waals surface area contributed by atoms with E-state index in [1.54, 1.807) is 41.0 Å². The molecule has 1 aromatic carbocycles. The van der Waals surface area contributed by atoms with Crippen LogP contribution < -0.4 is 16.0 Å². The summed E-state index contributed by atoms with van der Waals surface area (Å²) in [5.41, 5.74) is -2.43. The normalized spacial score (nSPS) is 24.8. The maximum absolute atomic E-state index is 13.1. The number of nitrogens with one attached hydrogen (secondary N) is 1. The molecule has 0 bridgehead atoms. The van der Waals surface area contributed by atoms with E-state index >= 15 is 0 Å². The molecule has 5 rings (SSSR count). The zero-order chi connectivity index (χ0) is 27.8. The highest BCUT2D eigenvalue weighted by molar-refractivity contribution is 9.10. The number of carbonyl (C=O) groups excluding carboxylic acids is 2. The Morgan fingerprint density at radius 2 is 1.90 bits per heavy atom. The zero-order valence-corrected chi connectivity index (χ0v) is 23.4. The van der Waals surface area contributed by atoms with Gasteiger partial charge in [-0.25, -0.2) is 4.79 Å². The van der Waals surface area contributed by atoms with Gasteiger partial charge in [0.1, 0.15) is 12.4 Å². The highest BCUT2D eigenvalue weighted by atomic mass is 79.9. The van der Waals surface area contributed by atoms with Gasteiger partial charge in [0.25, 0.3) is 11.5 Å². The molecule has 2 aromatic rings. The van der Waals surface area contributed by atoms with Gasteiger partial charge in [-0.3, -0.25) is 23.9 Å². The summed E-state index contributed by atoms with van der Waals surface area (Å²) in [6.07, 6.45) is 4.30. The van der Waals surface area contributed by atoms with Crippen LogP contribution in [0.1, 0.15) is 55.4 Å². The molecule has 0 unspecified atom stereocenters. The number of aromatic nitrogens is 2. The first kappa shape index (κ1) is 27.6. The summed E-state index contributed by atoms with van der Waals surface area (Å²) in [6.45, 7) is 4.49. The summed E-state index contributed by atoms with van der Waals surface area (Å²) < 4.78 is 13.5. The van der Waals surface area contributed by atoms with Crippen LogP contribution in [0.3, 0.4) is 0 Å². The zero-order valence-electron chi connectivity index (χ0n) is 21.9. The molecule has 3 aliphatic rings. The molecule has 0 radical (unpaired) electrons. The number of rotatable bonds is 6. The van der Waals surface area contributed by atoms with Gasteiger partial charge in [0.15, 0.2) is 0 Å². The molecule has 0 saturated carbocycles. The van der Waals surface area contributed by atoms with E-state index in [4.69, 9.17) is 9.47 Å². The molecule has 0 aliphatic carbocycles. The van der Waals surface area contributed by atoms with Gasteiger partial charge >= 0.3 is 5.69 Å². The van der Waals surface area contributed by atoms with Gasteiger partial charge < -0.3 is 24.4 Å². The van der Waals surface area contributed by atoms with E-state index in [-0.39, 0.29) is 22.9 Å². The van der Waals surface area contributed by atoms with Crippen LogP contribution in [0.15, 0.2) is 44.5 Å². The second kappa shape index (κ2) is 10.9. The lowest BCUT2D eigenvalue weighted by Gasteiger charge is -2.51. The summed E-state index contributed by atoms with van der Waals surface area (Å²) in [5, 5.41) is 11.3. The molecular weight excluding hydrogens is 572 g/mol. The SMILES string of the molecule is C[C@]1(O)CC2(CCN(C(=O)c3ccc(OCCN4CCCC4=O)cc3)CC2)OC[C@@H]1n1cc(Br)c(=O)[nH]c1=O. The predicted octanol–water partition coefficient (Wildman–Crippen LogP) is 1.69. The third-order valence-electron chi connectivity index (χ3n) is 8.07. The van der Waals surface area contributed by atoms with E-state index in [1.165, 1.54) is 10.8 Å². The molecule has 3 aliphatic heterocycles. The monoisotopic (exact) mass is 604 g/mol. The van der Waals surface area contributed by atoms with E-state index in [9.17, 15) is 24.3 Å². The van der Waals surface area contributed by atoms with Crippen LogP contribution in [0.5, 0.6) is 5.75 Å². The number of aliphatic hydroxyl groups is 1. The van der Waals surface area contributed by atoms with Crippen molar-refractivity contribution in [3.63, 3.8) is 0 Å². The van der Waals surface area contributed by atoms with Crippen molar-refractivity contribution in [2.75, 3.05) is 39.4 Å². The molecule has 2 atom stereocenters. The minimum Gasteiger partial charge on any atom is -0.492 e. The van der Waals surface area contributed by atoms with Crippen LogP contribution in [-0.4, -0.2) is 86.9 Å². The van der Waals surface area contributed by atoms with Gasteiger partial charge in [-0.1, -0.05) is 0 Å². The maximum Gasteiger partial charge on any atom is 0.328 e. The largest absolute Gasteiger partial charge is 0.492 e. The van der Waals surface area contributed by atoms with Gasteiger partial charge in [0.05, 0.1) is 34.9 Å². The first-order valence-electron chi connectivity index (χ1n) is 13.2. The van der Waals surface area contributed by atoms with Crippen LogP contribution >= 0.6 is 15.9 Å². The first-order valence-corrected chi connectivity index (χ1v) is 14.0. The van der Waals surface area contributed by atoms with E-state index in [2.05, 4.69) is 20.9 Å². The Hall–Kier alpha value is -2.96. The Labute approximate surface area is 233 Å². The molecule has 3 fully saturated rings. The number of amides is 2. The van der Waals surface area contributed by atoms with E-state index in [0.717, 1.165) is 13.0 Å². The highest BCUT2D eigenvalue weighted by Gasteiger charge is 2.50. The molecule has 2 N–H and O–H groups in total. The van der Waals surface area contributed by atoms with E-state index < -0.39 is 28.5 Å². The lowest BCUT2D eigenvalue weighted by Crippen LogP contribution is -2.59. The van der Waals surface area contributed by atoms with Crippen LogP contribution in [-0.2, 0) is 9.53 Å². The third kappa shape index (κ3) is 5.82. The van der Waals surface area contributed by atoms with Crippen molar-refractivity contribution in [1.82, 2.24) is 19.4 Å². The molecule has 39 heavy (non-hydrogen) atoms. The molecule has 12 heteroatoms. The van der Waals surface area contributed by atoms with E-state index in [1.807, 2.05) is 0 Å². The lowest BCUT2D eigenvalue weighted by atomic mass is 9.75. The second-order valence-corrected chi connectivity index (χ2v) is 11.7. The standard InChI is InChI=1S/C27H33BrN4O7/c1-26(37)17-27(39-16-21(26)32-15-20(28)23(34)29-25(32)36)8-11-31(12-9-27)24(35)18-4-6-19(7-5-18)38-14-13-30-10-2-3-22(30)33/h4-7,15,21,37H,2-3,8-14,16-17H2,1H3,(H,29,34,36)/t21-,26-/m0/s1. The summed E-state index contributed by atoms with van der Waals surface area (Å²) in [7, 11) is 0. The predicted molar refractivity (Wildman–Crippen MR) is 145 cm³/mol. The Morgan fingerprint density at radius 1 is 1.18 bits per heavy atom. The fourth-order valence-corrected chi connectivity index (χ4v) is 6.18. The van der Waals surface area contributed by atoms with Crippen LogP contribution in [0.2, 0.25) is 0 Å². The summed E-state index contributed by atoms with van der Waals surface area (Å²) in [5.74, 6) is 0.739. The van der Waals surface area contributed by atoms with Crippen molar-refractivity contribution in [3.05, 3.63) is 61.3 Å².